The summed E-state index contributed by atoms with van der Waals surface area (Å²) in [5.74, 6) is -0.271. The summed E-state index contributed by atoms with van der Waals surface area (Å²) in [5, 5.41) is 108. The van der Waals surface area contributed by atoms with E-state index in [1.807, 2.05) is 13.8 Å². The maximum Gasteiger partial charge on any atom is 0.305 e. The third-order valence-electron chi connectivity index (χ3n) is 20.0. The smallest absolute Gasteiger partial charge is 0.305 e. The van der Waals surface area contributed by atoms with Crippen LogP contribution in [0.1, 0.15) is 100 Å². The summed E-state index contributed by atoms with van der Waals surface area (Å²) >= 11 is 0. The Morgan fingerprint density at radius 1 is 0.657 bits per heavy atom. The zero-order valence-electron chi connectivity index (χ0n) is 41.8. The standard InChI is InChI=1S/C51H80O19/c1-9-32(55)67-31-19-49(8)48(7)14-10-27-46(5,28(48)11-15-51(49)29-18-45(3,4)16-17-50(29,31)23-63-51)13-12-30(47(27,6)22-54)68-44-41(70-43-39(62)37(60)35(58)26(21-53)66-43)40(33(56)24(2)64-44)69-42-38(61)36(59)34(57)25(20-52)65-42/h11,15-17,24-31,33-44,52-54,56-62H,9-10,12-14,18-23H2,1-8H3/t24-,25-,26-,27-,28-,29-,30+,31+,33+,34-,35-,36+,37+,38-,39-,40+,41-,42+,43+,44+,46+,47+,48-,49+,50-,51+/m1/s1. The van der Waals surface area contributed by atoms with Crippen molar-refractivity contribution in [3.05, 3.63) is 24.3 Å². The van der Waals surface area contributed by atoms with Gasteiger partial charge in [-0.2, -0.15) is 0 Å². The van der Waals surface area contributed by atoms with Crippen molar-refractivity contribution in [3.8, 4) is 0 Å². The first-order valence-corrected chi connectivity index (χ1v) is 25.6. The normalized spacial score (nSPS) is 55.7. The van der Waals surface area contributed by atoms with Crippen LogP contribution in [0.5, 0.6) is 0 Å². The fourth-order valence-electron chi connectivity index (χ4n) is 15.7. The van der Waals surface area contributed by atoms with Crippen molar-refractivity contribution < 1.29 is 93.8 Å². The van der Waals surface area contributed by atoms with Gasteiger partial charge in [0.1, 0.15) is 73.2 Å². The third kappa shape index (κ3) is 7.72. The van der Waals surface area contributed by atoms with Crippen molar-refractivity contribution in [1.82, 2.24) is 0 Å². The second kappa shape index (κ2) is 18.5. The lowest BCUT2D eigenvalue weighted by Gasteiger charge is -2.73. The van der Waals surface area contributed by atoms with Gasteiger partial charge in [0.2, 0.25) is 0 Å². The van der Waals surface area contributed by atoms with Crippen molar-refractivity contribution in [2.45, 2.75) is 210 Å². The molecule has 7 fully saturated rings. The largest absolute Gasteiger partial charge is 0.461 e. The molecule has 1 spiro atoms. The lowest BCUT2D eigenvalue weighted by Crippen LogP contribution is -2.72. The Morgan fingerprint density at radius 2 is 1.27 bits per heavy atom. The molecule has 70 heavy (non-hydrogen) atoms. The summed E-state index contributed by atoms with van der Waals surface area (Å²) in [6, 6.07) is 0. The monoisotopic (exact) mass is 997 g/mol. The van der Waals surface area contributed by atoms with E-state index in [9.17, 15) is 55.9 Å². The number of aliphatic hydroxyl groups is 10. The quantitative estimate of drug-likeness (QED) is 0.0759. The topological polar surface area (TPSA) is 293 Å². The maximum absolute atomic E-state index is 13.2. The van der Waals surface area contributed by atoms with Crippen molar-refractivity contribution in [2.75, 3.05) is 26.4 Å². The van der Waals surface area contributed by atoms with Crippen molar-refractivity contribution in [2.24, 2.45) is 50.2 Å². The van der Waals surface area contributed by atoms with Gasteiger partial charge in [-0.15, -0.1) is 0 Å². The lowest BCUT2D eigenvalue weighted by atomic mass is 9.32. The van der Waals surface area contributed by atoms with Gasteiger partial charge >= 0.3 is 5.97 Å². The van der Waals surface area contributed by atoms with E-state index < -0.39 is 139 Å². The number of aliphatic hydroxyl groups excluding tert-OH is 10. The molecule has 9 rings (SSSR count). The molecule has 0 unspecified atom stereocenters. The number of fused-ring (bicyclic) bond motifs is 4. The molecular formula is C51H80O19. The summed E-state index contributed by atoms with van der Waals surface area (Å²) < 4.78 is 51.0. The Morgan fingerprint density at radius 3 is 1.86 bits per heavy atom. The molecule has 2 bridgehead atoms. The predicted molar refractivity (Wildman–Crippen MR) is 244 cm³/mol. The molecule has 0 amide bonds. The molecule has 0 aromatic heterocycles. The van der Waals surface area contributed by atoms with Crippen LogP contribution in [0.2, 0.25) is 0 Å². The Balaban J connectivity index is 1.04. The molecule has 19 nitrogen and oxygen atoms in total. The summed E-state index contributed by atoms with van der Waals surface area (Å²) in [5.41, 5.74) is -3.26. The first-order chi connectivity index (χ1) is 32.9. The molecule has 398 valence electrons. The molecule has 0 aromatic carbocycles. The van der Waals surface area contributed by atoms with E-state index in [0.29, 0.717) is 32.3 Å². The maximum atomic E-state index is 13.2. The minimum Gasteiger partial charge on any atom is -0.461 e. The van der Waals surface area contributed by atoms with Crippen LogP contribution in [0.25, 0.3) is 0 Å². The van der Waals surface area contributed by atoms with Gasteiger partial charge in [-0.1, -0.05) is 72.8 Å². The van der Waals surface area contributed by atoms with E-state index in [2.05, 4.69) is 58.9 Å². The average molecular weight is 997 g/mol. The summed E-state index contributed by atoms with van der Waals surface area (Å²) in [6.07, 6.45) is -11.9. The average Bonchev–Trinajstić information content (AvgIpc) is 3.59. The van der Waals surface area contributed by atoms with Crippen LogP contribution in [0.3, 0.4) is 0 Å². The number of hydrogen-bond donors (Lipinski definition) is 10. The molecule has 10 N–H and O–H groups in total. The molecule has 4 aliphatic heterocycles. The molecule has 4 heterocycles. The van der Waals surface area contributed by atoms with E-state index in [1.165, 1.54) is 0 Å². The van der Waals surface area contributed by atoms with Crippen molar-refractivity contribution >= 4 is 5.97 Å². The van der Waals surface area contributed by atoms with E-state index in [-0.39, 0.29) is 53.7 Å². The molecule has 4 saturated heterocycles. The Hall–Kier alpha value is -1.73. The molecular weight excluding hydrogens is 917 g/mol. The van der Waals surface area contributed by atoms with E-state index in [0.717, 1.165) is 12.8 Å². The van der Waals surface area contributed by atoms with Crippen LogP contribution in [-0.2, 0) is 42.7 Å². The minimum absolute atomic E-state index is 0.00672. The van der Waals surface area contributed by atoms with Crippen LogP contribution >= 0.6 is 0 Å². The number of carbonyl (C=O) groups excluding carboxylic acids is 1. The zero-order chi connectivity index (χ0) is 50.9. The number of hydrogen-bond acceptors (Lipinski definition) is 19. The highest BCUT2D eigenvalue weighted by Gasteiger charge is 2.79. The minimum atomic E-state index is -1.90. The second-order valence-corrected chi connectivity index (χ2v) is 24.1. The van der Waals surface area contributed by atoms with Gasteiger partial charge in [-0.25, -0.2) is 0 Å². The fourth-order valence-corrected chi connectivity index (χ4v) is 15.7. The number of carbonyl (C=O) groups is 1. The molecule has 0 aromatic rings. The number of esters is 1. The SMILES string of the molecule is CCC(=O)O[C@H]1C[C@]2(C)[C@@]3(C=C[C@@H]4[C@@]5(C)CC[C@H](O[C@@H]6O[C@H](C)[C@H](O)[C@H](O[C@@H]7O[C@H](CO)[C@@H](O)[C@H](O)[C@H]7O)[C@H]6O[C@@H]6O[C@H](CO)[C@@H](O)[C@H](O)[C@H]6O)[C@@](C)(CO)[C@@H]5CC[C@]42C)OC[C@@]12C=CC(C)(C)C[C@H]23. The van der Waals surface area contributed by atoms with Crippen LogP contribution < -0.4 is 0 Å². The first-order valence-electron chi connectivity index (χ1n) is 25.6. The third-order valence-corrected chi connectivity index (χ3v) is 20.0. The predicted octanol–water partition coefficient (Wildman–Crippen LogP) is 0.338. The van der Waals surface area contributed by atoms with E-state index >= 15 is 0 Å². The Kier molecular flexibility index (Phi) is 14.1. The van der Waals surface area contributed by atoms with Crippen molar-refractivity contribution in [3.63, 3.8) is 0 Å². The summed E-state index contributed by atoms with van der Waals surface area (Å²) in [4.78, 5) is 13.2. The second-order valence-electron chi connectivity index (χ2n) is 24.1. The van der Waals surface area contributed by atoms with Gasteiger partial charge in [0.25, 0.3) is 0 Å². The molecule has 9 aliphatic rings. The van der Waals surface area contributed by atoms with Gasteiger partial charge in [-0.3, -0.25) is 4.79 Å². The van der Waals surface area contributed by atoms with Gasteiger partial charge in [0.15, 0.2) is 18.9 Å². The van der Waals surface area contributed by atoms with Crippen LogP contribution in [-0.4, -0.2) is 193 Å². The van der Waals surface area contributed by atoms with Crippen LogP contribution in [0, 0.1) is 50.2 Å². The molecule has 5 aliphatic carbocycles. The highest BCUT2D eigenvalue weighted by atomic mass is 16.8. The zero-order valence-corrected chi connectivity index (χ0v) is 41.8. The number of rotatable bonds is 11. The highest BCUT2D eigenvalue weighted by Crippen LogP contribution is 2.79. The first kappa shape index (κ1) is 53.1. The number of ether oxygens (including phenoxy) is 8. The van der Waals surface area contributed by atoms with Gasteiger partial charge < -0.3 is 89.0 Å². The fraction of sp³-hybridized carbons (Fsp3) is 0.902. The summed E-state index contributed by atoms with van der Waals surface area (Å²) in [6.45, 7) is 15.6. The van der Waals surface area contributed by atoms with Gasteiger partial charge in [0.05, 0.1) is 49.7 Å². The highest BCUT2D eigenvalue weighted by molar-refractivity contribution is 5.69. The van der Waals surface area contributed by atoms with Gasteiger partial charge in [-0.05, 0) is 73.5 Å². The number of allylic oxidation sites excluding steroid dienone is 2. The molecule has 3 saturated carbocycles. The van der Waals surface area contributed by atoms with E-state index in [1.54, 1.807) is 6.92 Å². The van der Waals surface area contributed by atoms with Crippen LogP contribution in [0.4, 0.5) is 0 Å². The molecule has 0 radical (unpaired) electrons. The van der Waals surface area contributed by atoms with Gasteiger partial charge in [0, 0.05) is 23.2 Å². The lowest BCUT2D eigenvalue weighted by molar-refractivity contribution is -0.398. The molecule has 19 heteroatoms. The Labute approximate surface area is 410 Å². The van der Waals surface area contributed by atoms with E-state index in [4.69, 9.17) is 37.9 Å². The Bertz CT molecular complexity index is 1980. The summed E-state index contributed by atoms with van der Waals surface area (Å²) in [7, 11) is 0. The molecule has 26 atom stereocenters. The van der Waals surface area contributed by atoms with Crippen LogP contribution in [0.15, 0.2) is 24.3 Å². The van der Waals surface area contributed by atoms with Crippen molar-refractivity contribution in [1.29, 1.82) is 0 Å².